The summed E-state index contributed by atoms with van der Waals surface area (Å²) < 4.78 is 5.20. The van der Waals surface area contributed by atoms with Crippen LogP contribution in [0.3, 0.4) is 0 Å². The molecule has 0 fully saturated rings. The van der Waals surface area contributed by atoms with Gasteiger partial charge in [-0.05, 0) is 36.5 Å². The normalized spacial score (nSPS) is 12.3. The van der Waals surface area contributed by atoms with Crippen LogP contribution in [-0.2, 0) is 11.2 Å². The summed E-state index contributed by atoms with van der Waals surface area (Å²) >= 11 is 0. The fraction of sp³-hybridized carbons (Fsp3) is 0.438. The second-order valence-corrected chi connectivity index (χ2v) is 4.85. The van der Waals surface area contributed by atoms with Crippen LogP contribution in [0, 0.1) is 5.92 Å². The highest BCUT2D eigenvalue weighted by Crippen LogP contribution is 2.24. The number of ether oxygens (including phenoxy) is 1. The molecule has 0 unspecified atom stereocenters. The van der Waals surface area contributed by atoms with Crippen LogP contribution in [0.4, 0.5) is 0 Å². The summed E-state index contributed by atoms with van der Waals surface area (Å²) in [4.78, 5) is 11.3. The van der Waals surface area contributed by atoms with Gasteiger partial charge in [0.1, 0.15) is 5.75 Å². The van der Waals surface area contributed by atoms with E-state index in [1.807, 2.05) is 45.0 Å². The summed E-state index contributed by atoms with van der Waals surface area (Å²) in [7, 11) is 1.63. The Morgan fingerprint density at radius 1 is 1.37 bits per heavy atom. The zero-order chi connectivity index (χ0) is 14.4. The van der Waals surface area contributed by atoms with Gasteiger partial charge in [-0.25, -0.2) is 4.79 Å². The third kappa shape index (κ3) is 4.12. The van der Waals surface area contributed by atoms with Crippen LogP contribution in [-0.4, -0.2) is 18.2 Å². The zero-order valence-corrected chi connectivity index (χ0v) is 12.1. The van der Waals surface area contributed by atoms with Crippen molar-refractivity contribution in [3.8, 4) is 5.75 Å². The smallest absolute Gasteiger partial charge is 0.331 e. The molecule has 0 atom stereocenters. The monoisotopic (exact) mass is 262 g/mol. The summed E-state index contributed by atoms with van der Waals surface area (Å²) in [5, 5.41) is 9.29. The Labute approximate surface area is 114 Å². The van der Waals surface area contributed by atoms with E-state index < -0.39 is 5.97 Å². The maximum atomic E-state index is 11.3. The van der Waals surface area contributed by atoms with Crippen LogP contribution in [0.1, 0.15) is 32.8 Å². The van der Waals surface area contributed by atoms with E-state index in [1.54, 1.807) is 7.11 Å². The number of carboxylic acids is 1. The van der Waals surface area contributed by atoms with Crippen molar-refractivity contribution >= 4 is 5.97 Å². The summed E-state index contributed by atoms with van der Waals surface area (Å²) in [6.45, 7) is 5.96. The van der Waals surface area contributed by atoms with Crippen molar-refractivity contribution in [3.63, 3.8) is 0 Å². The predicted molar refractivity (Wildman–Crippen MR) is 76.5 cm³/mol. The Morgan fingerprint density at radius 3 is 2.53 bits per heavy atom. The van der Waals surface area contributed by atoms with Crippen molar-refractivity contribution in [3.05, 3.63) is 41.0 Å². The number of benzene rings is 1. The SMILES string of the molecule is CCC(C(=O)O)=C(Cc1cccc(OC)c1)C(C)C. The Bertz CT molecular complexity index is 473. The lowest BCUT2D eigenvalue weighted by Gasteiger charge is -2.16. The molecular weight excluding hydrogens is 240 g/mol. The molecule has 3 nitrogen and oxygen atoms in total. The molecule has 3 heteroatoms. The average molecular weight is 262 g/mol. The highest BCUT2D eigenvalue weighted by Gasteiger charge is 2.16. The van der Waals surface area contributed by atoms with Gasteiger partial charge in [0.25, 0.3) is 0 Å². The molecule has 0 aliphatic carbocycles. The Hall–Kier alpha value is -1.77. The molecule has 0 aliphatic heterocycles. The highest BCUT2D eigenvalue weighted by molar-refractivity contribution is 5.87. The van der Waals surface area contributed by atoms with Crippen LogP contribution in [0.2, 0.25) is 0 Å². The Balaban J connectivity index is 3.11. The molecule has 0 spiro atoms. The second-order valence-electron chi connectivity index (χ2n) is 4.85. The van der Waals surface area contributed by atoms with Crippen LogP contribution in [0.15, 0.2) is 35.4 Å². The first-order valence-electron chi connectivity index (χ1n) is 6.57. The minimum Gasteiger partial charge on any atom is -0.497 e. The quantitative estimate of drug-likeness (QED) is 0.795. The topological polar surface area (TPSA) is 46.5 Å². The van der Waals surface area contributed by atoms with Gasteiger partial charge in [-0.15, -0.1) is 0 Å². The standard InChI is InChI=1S/C16H22O3/c1-5-14(16(17)18)15(11(2)3)10-12-7-6-8-13(9-12)19-4/h6-9,11H,5,10H2,1-4H3,(H,17,18). The minimum absolute atomic E-state index is 0.220. The second kappa shape index (κ2) is 6.98. The van der Waals surface area contributed by atoms with Crippen molar-refractivity contribution in [1.29, 1.82) is 0 Å². The molecule has 1 N–H and O–H groups in total. The van der Waals surface area contributed by atoms with E-state index in [2.05, 4.69) is 0 Å². The first kappa shape index (κ1) is 15.3. The van der Waals surface area contributed by atoms with Crippen molar-refractivity contribution in [1.82, 2.24) is 0 Å². The van der Waals surface area contributed by atoms with Gasteiger partial charge in [0.15, 0.2) is 0 Å². The van der Waals surface area contributed by atoms with E-state index >= 15 is 0 Å². The van der Waals surface area contributed by atoms with E-state index in [1.165, 1.54) is 0 Å². The summed E-state index contributed by atoms with van der Waals surface area (Å²) in [5.41, 5.74) is 2.59. The van der Waals surface area contributed by atoms with Gasteiger partial charge >= 0.3 is 5.97 Å². The molecule has 1 rings (SSSR count). The molecule has 1 aromatic carbocycles. The van der Waals surface area contributed by atoms with Gasteiger partial charge in [0, 0.05) is 5.57 Å². The first-order chi connectivity index (χ1) is 8.99. The lowest BCUT2D eigenvalue weighted by Crippen LogP contribution is -2.10. The van der Waals surface area contributed by atoms with Gasteiger partial charge in [0.05, 0.1) is 7.11 Å². The molecule has 0 heterocycles. The van der Waals surface area contributed by atoms with E-state index in [0.717, 1.165) is 16.9 Å². The fourth-order valence-corrected chi connectivity index (χ4v) is 2.18. The number of hydrogen-bond acceptors (Lipinski definition) is 2. The van der Waals surface area contributed by atoms with Gasteiger partial charge in [-0.2, -0.15) is 0 Å². The van der Waals surface area contributed by atoms with Gasteiger partial charge in [-0.1, -0.05) is 38.5 Å². The summed E-state index contributed by atoms with van der Waals surface area (Å²) in [6.07, 6.45) is 1.21. The molecule has 0 radical (unpaired) electrons. The molecule has 0 amide bonds. The molecule has 104 valence electrons. The molecule has 0 aliphatic rings. The van der Waals surface area contributed by atoms with Crippen molar-refractivity contribution < 1.29 is 14.6 Å². The number of aliphatic carboxylic acids is 1. The number of hydrogen-bond donors (Lipinski definition) is 1. The lowest BCUT2D eigenvalue weighted by atomic mass is 9.90. The van der Waals surface area contributed by atoms with E-state index in [9.17, 15) is 9.90 Å². The highest BCUT2D eigenvalue weighted by atomic mass is 16.5. The fourth-order valence-electron chi connectivity index (χ4n) is 2.18. The van der Waals surface area contributed by atoms with Crippen LogP contribution in [0.5, 0.6) is 5.75 Å². The van der Waals surface area contributed by atoms with Crippen LogP contribution < -0.4 is 4.74 Å². The lowest BCUT2D eigenvalue weighted by molar-refractivity contribution is -0.132. The molecule has 0 aromatic heterocycles. The minimum atomic E-state index is -0.811. The van der Waals surface area contributed by atoms with Crippen molar-refractivity contribution in [2.75, 3.05) is 7.11 Å². The molecule has 19 heavy (non-hydrogen) atoms. The van der Waals surface area contributed by atoms with E-state index in [0.29, 0.717) is 18.4 Å². The summed E-state index contributed by atoms with van der Waals surface area (Å²) in [6, 6.07) is 7.77. The summed E-state index contributed by atoms with van der Waals surface area (Å²) in [5.74, 6) is 0.209. The molecular formula is C16H22O3. The zero-order valence-electron chi connectivity index (χ0n) is 12.1. The van der Waals surface area contributed by atoms with Crippen molar-refractivity contribution in [2.45, 2.75) is 33.6 Å². The maximum Gasteiger partial charge on any atom is 0.331 e. The number of methoxy groups -OCH3 is 1. The molecule has 0 saturated heterocycles. The molecule has 1 aromatic rings. The van der Waals surface area contributed by atoms with Gasteiger partial charge in [0.2, 0.25) is 0 Å². The third-order valence-corrected chi connectivity index (χ3v) is 3.22. The Kier molecular flexibility index (Phi) is 5.61. The number of carbonyl (C=O) groups is 1. The predicted octanol–water partition coefficient (Wildman–Crippen LogP) is 3.68. The number of carboxylic acid groups (broad SMARTS) is 1. The van der Waals surface area contributed by atoms with E-state index in [-0.39, 0.29) is 5.92 Å². The number of rotatable bonds is 6. The van der Waals surface area contributed by atoms with Gasteiger partial charge in [-0.3, -0.25) is 0 Å². The largest absolute Gasteiger partial charge is 0.497 e. The van der Waals surface area contributed by atoms with E-state index in [4.69, 9.17) is 4.74 Å². The molecule has 0 saturated carbocycles. The van der Waals surface area contributed by atoms with Crippen molar-refractivity contribution in [2.24, 2.45) is 5.92 Å². The van der Waals surface area contributed by atoms with Gasteiger partial charge < -0.3 is 9.84 Å². The number of allylic oxidation sites excluding steroid dienone is 1. The maximum absolute atomic E-state index is 11.3. The Morgan fingerprint density at radius 2 is 2.05 bits per heavy atom. The average Bonchev–Trinajstić information content (AvgIpc) is 2.38. The van der Waals surface area contributed by atoms with Crippen LogP contribution >= 0.6 is 0 Å². The van der Waals surface area contributed by atoms with Crippen LogP contribution in [0.25, 0.3) is 0 Å². The molecule has 0 bridgehead atoms. The first-order valence-corrected chi connectivity index (χ1v) is 6.57. The third-order valence-electron chi connectivity index (χ3n) is 3.22.